The third-order valence-corrected chi connectivity index (χ3v) is 5.46. The summed E-state index contributed by atoms with van der Waals surface area (Å²) in [4.78, 5) is 24.5. The van der Waals surface area contributed by atoms with E-state index in [0.717, 1.165) is 18.1 Å². The molecule has 1 unspecified atom stereocenters. The number of alkyl halides is 5. The van der Waals surface area contributed by atoms with Crippen molar-refractivity contribution >= 4 is 17.6 Å². The normalized spacial score (nSPS) is 22.4. The lowest BCUT2D eigenvalue weighted by Crippen LogP contribution is -2.57. The van der Waals surface area contributed by atoms with E-state index in [-0.39, 0.29) is 19.5 Å². The Morgan fingerprint density at radius 3 is 2.19 bits per heavy atom. The van der Waals surface area contributed by atoms with E-state index in [2.05, 4.69) is 15.0 Å². The van der Waals surface area contributed by atoms with E-state index in [9.17, 15) is 26.3 Å². The van der Waals surface area contributed by atoms with Crippen molar-refractivity contribution in [1.29, 1.82) is 0 Å². The fourth-order valence-electron chi connectivity index (χ4n) is 3.80. The van der Waals surface area contributed by atoms with Gasteiger partial charge in [-0.15, -0.1) is 0 Å². The molecular weight excluding hydrogens is 444 g/mol. The number of carbonyl (C=O) groups is 1. The predicted octanol–water partition coefficient (Wildman–Crippen LogP) is 3.39. The van der Waals surface area contributed by atoms with Crippen molar-refractivity contribution < 1.29 is 36.2 Å². The number of pyridine rings is 1. The van der Waals surface area contributed by atoms with Crippen LogP contribution in [0.1, 0.15) is 12.8 Å². The Bertz CT molecular complexity index is 928. The molecule has 0 aliphatic carbocycles. The van der Waals surface area contributed by atoms with Gasteiger partial charge in [-0.3, -0.25) is 4.98 Å². The fraction of sp³-hybridized carbons (Fsp3) is 0.474. The van der Waals surface area contributed by atoms with Crippen molar-refractivity contribution in [2.45, 2.75) is 24.9 Å². The Balaban J connectivity index is 0.000000360. The molecule has 0 radical (unpaired) electrons. The van der Waals surface area contributed by atoms with Gasteiger partial charge in [-0.05, 0) is 18.6 Å². The van der Waals surface area contributed by atoms with Crippen LogP contribution in [0.4, 0.5) is 38.0 Å². The molecule has 0 amide bonds. The number of aromatic nitrogens is 3. The number of hydrogen-bond acceptors (Lipinski definition) is 6. The summed E-state index contributed by atoms with van der Waals surface area (Å²) in [5.41, 5.74) is -0.312. The first kappa shape index (κ1) is 23.5. The summed E-state index contributed by atoms with van der Waals surface area (Å²) >= 11 is 0. The summed E-state index contributed by atoms with van der Waals surface area (Å²) in [6.07, 6.45) is 0.564. The summed E-state index contributed by atoms with van der Waals surface area (Å²) in [5, 5.41) is 7.12. The molecule has 2 aromatic heterocycles. The summed E-state index contributed by atoms with van der Waals surface area (Å²) in [5.74, 6) is -5.76. The molecule has 4 rings (SSSR count). The highest BCUT2D eigenvalue weighted by molar-refractivity contribution is 5.73. The van der Waals surface area contributed by atoms with Gasteiger partial charge < -0.3 is 14.9 Å². The quantitative estimate of drug-likeness (QED) is 0.684. The summed E-state index contributed by atoms with van der Waals surface area (Å²) in [6.45, 7) is 1.14. The van der Waals surface area contributed by atoms with Crippen LogP contribution < -0.4 is 9.80 Å². The highest BCUT2D eigenvalue weighted by atomic mass is 19.4. The molecule has 7 nitrogen and oxygen atoms in total. The first-order valence-electron chi connectivity index (χ1n) is 9.49. The highest BCUT2D eigenvalue weighted by Gasteiger charge is 2.59. The number of anilines is 2. The average Bonchev–Trinajstić information content (AvgIpc) is 3.17. The SMILES string of the molecule is Fc1cnc(N2CCC3(CN(c4cccnc4)CCC3(F)F)C2)nc1.O=C(O)C(F)(F)F. The van der Waals surface area contributed by atoms with Crippen LogP contribution in [-0.2, 0) is 4.79 Å². The maximum atomic E-state index is 14.8. The molecule has 0 aromatic carbocycles. The minimum atomic E-state index is -5.08. The zero-order valence-electron chi connectivity index (χ0n) is 16.6. The molecule has 1 N–H and O–H groups in total. The molecule has 2 aromatic rings. The molecule has 4 heterocycles. The molecule has 0 bridgehead atoms. The van der Waals surface area contributed by atoms with Gasteiger partial charge in [-0.25, -0.2) is 27.9 Å². The van der Waals surface area contributed by atoms with Gasteiger partial charge in [0.25, 0.3) is 5.92 Å². The maximum Gasteiger partial charge on any atom is 0.490 e. The van der Waals surface area contributed by atoms with Crippen molar-refractivity contribution in [3.05, 3.63) is 42.7 Å². The smallest absolute Gasteiger partial charge is 0.475 e. The Morgan fingerprint density at radius 1 is 1.03 bits per heavy atom. The molecule has 32 heavy (non-hydrogen) atoms. The largest absolute Gasteiger partial charge is 0.490 e. The monoisotopic (exact) mass is 463 g/mol. The van der Waals surface area contributed by atoms with Crippen LogP contribution in [-0.4, -0.2) is 64.3 Å². The number of hydrogen-bond donors (Lipinski definition) is 1. The number of carboxylic acid groups (broad SMARTS) is 1. The number of carboxylic acids is 1. The Labute approximate surface area is 178 Å². The Morgan fingerprint density at radius 2 is 1.62 bits per heavy atom. The van der Waals surface area contributed by atoms with Crippen molar-refractivity contribution in [2.24, 2.45) is 5.41 Å². The standard InChI is InChI=1S/C17H18F3N5.C2HF3O2/c18-13-8-22-15(23-9-13)25-6-3-16(12-25)11-24(7-4-17(16,19)20)14-2-1-5-21-10-14;3-2(4,5)1(6)7/h1-2,5,8-10H,3-4,6-7,11-12H2;(H,6,7). The van der Waals surface area contributed by atoms with Gasteiger partial charge in [0.2, 0.25) is 5.95 Å². The number of aliphatic carboxylic acids is 1. The van der Waals surface area contributed by atoms with E-state index < -0.39 is 29.3 Å². The lowest BCUT2D eigenvalue weighted by Gasteiger charge is -2.46. The van der Waals surface area contributed by atoms with Gasteiger partial charge in [0.15, 0.2) is 5.82 Å². The molecule has 2 aliphatic rings. The first-order valence-corrected chi connectivity index (χ1v) is 9.49. The van der Waals surface area contributed by atoms with Crippen LogP contribution in [0.3, 0.4) is 0 Å². The molecule has 1 spiro atoms. The highest BCUT2D eigenvalue weighted by Crippen LogP contribution is 2.50. The minimum Gasteiger partial charge on any atom is -0.475 e. The fourth-order valence-corrected chi connectivity index (χ4v) is 3.80. The number of rotatable bonds is 2. The van der Waals surface area contributed by atoms with Crippen LogP contribution in [0.2, 0.25) is 0 Å². The van der Waals surface area contributed by atoms with Crippen molar-refractivity contribution in [1.82, 2.24) is 15.0 Å². The Hall–Kier alpha value is -3.12. The molecule has 2 saturated heterocycles. The van der Waals surface area contributed by atoms with Crippen LogP contribution in [0, 0.1) is 11.2 Å². The van der Waals surface area contributed by atoms with Crippen LogP contribution in [0.15, 0.2) is 36.9 Å². The first-order chi connectivity index (χ1) is 14.9. The van der Waals surface area contributed by atoms with E-state index in [1.807, 2.05) is 17.0 Å². The second kappa shape index (κ2) is 8.79. The second-order valence-electron chi connectivity index (χ2n) is 7.54. The summed E-state index contributed by atoms with van der Waals surface area (Å²) < 4.78 is 74.4. The van der Waals surface area contributed by atoms with Gasteiger partial charge in [-0.2, -0.15) is 13.2 Å². The third-order valence-electron chi connectivity index (χ3n) is 5.46. The van der Waals surface area contributed by atoms with Crippen LogP contribution >= 0.6 is 0 Å². The van der Waals surface area contributed by atoms with E-state index in [0.29, 0.717) is 25.5 Å². The maximum absolute atomic E-state index is 14.8. The van der Waals surface area contributed by atoms with Gasteiger partial charge in [0.1, 0.15) is 0 Å². The second-order valence-corrected chi connectivity index (χ2v) is 7.54. The molecule has 2 aliphatic heterocycles. The van der Waals surface area contributed by atoms with Gasteiger partial charge >= 0.3 is 12.1 Å². The number of halogens is 6. The molecule has 13 heteroatoms. The van der Waals surface area contributed by atoms with Gasteiger partial charge in [0.05, 0.1) is 29.7 Å². The van der Waals surface area contributed by atoms with E-state index in [4.69, 9.17) is 9.90 Å². The topological polar surface area (TPSA) is 82.5 Å². The van der Waals surface area contributed by atoms with Gasteiger partial charge in [-0.1, -0.05) is 0 Å². The zero-order chi connectivity index (χ0) is 23.6. The lowest BCUT2D eigenvalue weighted by molar-refractivity contribution is -0.192. The molecular formula is C19H19F6N5O2. The van der Waals surface area contributed by atoms with Crippen molar-refractivity contribution in [3.8, 4) is 0 Å². The zero-order valence-corrected chi connectivity index (χ0v) is 16.6. The number of nitrogens with zero attached hydrogens (tertiary/aromatic N) is 5. The lowest BCUT2D eigenvalue weighted by atomic mass is 9.75. The number of piperidine rings is 1. The van der Waals surface area contributed by atoms with Crippen molar-refractivity contribution in [3.63, 3.8) is 0 Å². The van der Waals surface area contributed by atoms with E-state index in [1.54, 1.807) is 17.3 Å². The molecule has 174 valence electrons. The van der Waals surface area contributed by atoms with E-state index >= 15 is 0 Å². The average molecular weight is 463 g/mol. The third kappa shape index (κ3) is 5.02. The van der Waals surface area contributed by atoms with Gasteiger partial charge in [0, 0.05) is 38.8 Å². The van der Waals surface area contributed by atoms with E-state index in [1.165, 1.54) is 0 Å². The predicted molar refractivity (Wildman–Crippen MR) is 101 cm³/mol. The van der Waals surface area contributed by atoms with Crippen LogP contribution in [0.25, 0.3) is 0 Å². The van der Waals surface area contributed by atoms with Crippen molar-refractivity contribution in [2.75, 3.05) is 36.0 Å². The Kier molecular flexibility index (Phi) is 6.46. The molecule has 0 saturated carbocycles. The minimum absolute atomic E-state index is 0.155. The molecule has 2 fully saturated rings. The summed E-state index contributed by atoms with van der Waals surface area (Å²) in [7, 11) is 0. The van der Waals surface area contributed by atoms with Crippen LogP contribution in [0.5, 0.6) is 0 Å². The molecule has 1 atom stereocenters. The summed E-state index contributed by atoms with van der Waals surface area (Å²) in [6, 6.07) is 3.70.